The van der Waals surface area contributed by atoms with Gasteiger partial charge in [-0.05, 0) is 31.4 Å². The summed E-state index contributed by atoms with van der Waals surface area (Å²) in [6.45, 7) is 4.43. The van der Waals surface area contributed by atoms with Gasteiger partial charge in [0.2, 0.25) is 11.8 Å². The standard InChI is InChI=1S/C21H27N3O4/c1-3-28-21(27)15-7-6-10-24(13-15)20(26)19(23-14(2)25)11-16-12-22-18-9-5-4-8-17(16)18/h4-5,8-9,12,15,19,22H,3,6-7,10-11,13H2,1-2H3,(H,23,25). The maximum absolute atomic E-state index is 13.2. The number of aromatic amines is 1. The van der Waals surface area contributed by atoms with Crippen LogP contribution in [0, 0.1) is 5.92 Å². The van der Waals surface area contributed by atoms with Gasteiger partial charge in [0, 0.05) is 43.5 Å². The zero-order valence-electron chi connectivity index (χ0n) is 16.4. The van der Waals surface area contributed by atoms with Crippen molar-refractivity contribution < 1.29 is 19.1 Å². The summed E-state index contributed by atoms with van der Waals surface area (Å²) in [6.07, 6.45) is 3.73. The molecule has 1 fully saturated rings. The SMILES string of the molecule is CCOC(=O)C1CCCN(C(=O)C(Cc2c[nH]c3ccccc23)NC(C)=O)C1. The zero-order valence-corrected chi connectivity index (χ0v) is 16.4. The summed E-state index contributed by atoms with van der Waals surface area (Å²) in [4.78, 5) is 41.9. The van der Waals surface area contributed by atoms with Crippen molar-refractivity contribution >= 4 is 28.7 Å². The van der Waals surface area contributed by atoms with Crippen molar-refractivity contribution in [2.75, 3.05) is 19.7 Å². The number of para-hydroxylation sites is 1. The lowest BCUT2D eigenvalue weighted by molar-refractivity contribution is -0.152. The van der Waals surface area contributed by atoms with Crippen LogP contribution in [0.4, 0.5) is 0 Å². The second kappa shape index (κ2) is 8.91. The van der Waals surface area contributed by atoms with Crippen LogP contribution in [0.15, 0.2) is 30.5 Å². The Morgan fingerprint density at radius 3 is 2.86 bits per heavy atom. The topological polar surface area (TPSA) is 91.5 Å². The van der Waals surface area contributed by atoms with Gasteiger partial charge in [-0.25, -0.2) is 0 Å². The van der Waals surface area contributed by atoms with Crippen LogP contribution in [-0.2, 0) is 25.5 Å². The lowest BCUT2D eigenvalue weighted by atomic mass is 9.96. The Bertz CT molecular complexity index is 860. The summed E-state index contributed by atoms with van der Waals surface area (Å²) in [5.74, 6) is -0.969. The molecule has 2 atom stereocenters. The molecule has 1 aromatic heterocycles. The lowest BCUT2D eigenvalue weighted by Gasteiger charge is -2.34. The molecule has 7 heteroatoms. The Morgan fingerprint density at radius 1 is 1.32 bits per heavy atom. The molecule has 1 aromatic carbocycles. The summed E-state index contributed by atoms with van der Waals surface area (Å²) in [7, 11) is 0. The molecule has 2 aromatic rings. The first kappa shape index (κ1) is 19.9. The minimum Gasteiger partial charge on any atom is -0.466 e. The number of amides is 2. The van der Waals surface area contributed by atoms with Gasteiger partial charge >= 0.3 is 5.97 Å². The number of hydrogen-bond acceptors (Lipinski definition) is 4. The third kappa shape index (κ3) is 4.52. The number of H-pyrrole nitrogens is 1. The maximum Gasteiger partial charge on any atom is 0.310 e. The molecule has 150 valence electrons. The number of benzene rings is 1. The molecule has 0 radical (unpaired) electrons. The van der Waals surface area contributed by atoms with E-state index in [0.29, 0.717) is 26.1 Å². The summed E-state index contributed by atoms with van der Waals surface area (Å²) < 4.78 is 5.12. The number of esters is 1. The first-order chi connectivity index (χ1) is 13.5. The number of nitrogens with one attached hydrogen (secondary N) is 2. The second-order valence-electron chi connectivity index (χ2n) is 7.19. The molecule has 0 aliphatic carbocycles. The average molecular weight is 385 g/mol. The molecular weight excluding hydrogens is 358 g/mol. The van der Waals surface area contributed by atoms with Gasteiger partial charge in [-0.3, -0.25) is 14.4 Å². The molecule has 2 N–H and O–H groups in total. The van der Waals surface area contributed by atoms with E-state index in [2.05, 4.69) is 10.3 Å². The Morgan fingerprint density at radius 2 is 2.11 bits per heavy atom. The van der Waals surface area contributed by atoms with Gasteiger partial charge < -0.3 is 19.9 Å². The first-order valence-corrected chi connectivity index (χ1v) is 9.77. The van der Waals surface area contributed by atoms with E-state index >= 15 is 0 Å². The van der Waals surface area contributed by atoms with Gasteiger partial charge in [0.05, 0.1) is 12.5 Å². The number of likely N-dealkylation sites (tertiary alicyclic amines) is 1. The van der Waals surface area contributed by atoms with Crippen molar-refractivity contribution in [1.29, 1.82) is 0 Å². The molecule has 7 nitrogen and oxygen atoms in total. The molecule has 28 heavy (non-hydrogen) atoms. The molecule has 2 heterocycles. The van der Waals surface area contributed by atoms with Crippen LogP contribution in [0.1, 0.15) is 32.3 Å². The number of nitrogens with zero attached hydrogens (tertiary/aromatic N) is 1. The highest BCUT2D eigenvalue weighted by Gasteiger charge is 2.33. The molecule has 0 saturated carbocycles. The van der Waals surface area contributed by atoms with Gasteiger partial charge in [0.25, 0.3) is 0 Å². The van der Waals surface area contributed by atoms with Gasteiger partial charge in [-0.2, -0.15) is 0 Å². The van der Waals surface area contributed by atoms with E-state index in [0.717, 1.165) is 29.3 Å². The van der Waals surface area contributed by atoms with Gasteiger partial charge in [-0.15, -0.1) is 0 Å². The van der Waals surface area contributed by atoms with E-state index in [1.165, 1.54) is 6.92 Å². The van der Waals surface area contributed by atoms with E-state index in [4.69, 9.17) is 4.74 Å². The fraction of sp³-hybridized carbons (Fsp3) is 0.476. The molecule has 2 amide bonds. The largest absolute Gasteiger partial charge is 0.466 e. The summed E-state index contributed by atoms with van der Waals surface area (Å²) >= 11 is 0. The van der Waals surface area contributed by atoms with Crippen molar-refractivity contribution in [3.63, 3.8) is 0 Å². The number of ether oxygens (including phenoxy) is 1. The van der Waals surface area contributed by atoms with Crippen LogP contribution >= 0.6 is 0 Å². The molecular formula is C21H27N3O4. The predicted octanol–water partition coefficient (Wildman–Crippen LogP) is 2.02. The highest BCUT2D eigenvalue weighted by molar-refractivity contribution is 5.89. The number of carbonyl (C=O) groups excluding carboxylic acids is 3. The van der Waals surface area contributed by atoms with E-state index in [1.54, 1.807) is 11.8 Å². The van der Waals surface area contributed by atoms with Gasteiger partial charge in [-0.1, -0.05) is 18.2 Å². The molecule has 1 aliphatic heterocycles. The number of piperidine rings is 1. The number of carbonyl (C=O) groups is 3. The fourth-order valence-electron chi connectivity index (χ4n) is 3.82. The van der Waals surface area contributed by atoms with Gasteiger partial charge in [0.15, 0.2) is 0 Å². The minimum atomic E-state index is -0.669. The second-order valence-corrected chi connectivity index (χ2v) is 7.19. The Hall–Kier alpha value is -2.83. The highest BCUT2D eigenvalue weighted by atomic mass is 16.5. The van der Waals surface area contributed by atoms with Crippen LogP contribution in [0.5, 0.6) is 0 Å². The quantitative estimate of drug-likeness (QED) is 0.744. The normalized spacial score (nSPS) is 17.9. The van der Waals surface area contributed by atoms with E-state index in [-0.39, 0.29) is 23.7 Å². The van der Waals surface area contributed by atoms with Crippen molar-refractivity contribution in [1.82, 2.24) is 15.2 Å². The number of fused-ring (bicyclic) bond motifs is 1. The van der Waals surface area contributed by atoms with E-state index in [1.807, 2.05) is 30.5 Å². The Balaban J connectivity index is 1.76. The third-order valence-electron chi connectivity index (χ3n) is 5.13. The summed E-state index contributed by atoms with van der Waals surface area (Å²) in [5, 5.41) is 3.82. The molecule has 0 bridgehead atoms. The molecule has 1 aliphatic rings. The Kier molecular flexibility index (Phi) is 6.34. The molecule has 1 saturated heterocycles. The summed E-state index contributed by atoms with van der Waals surface area (Å²) in [5.41, 5.74) is 1.97. The summed E-state index contributed by atoms with van der Waals surface area (Å²) in [6, 6.07) is 7.19. The van der Waals surface area contributed by atoms with Crippen molar-refractivity contribution in [3.05, 3.63) is 36.0 Å². The van der Waals surface area contributed by atoms with Crippen LogP contribution in [0.25, 0.3) is 10.9 Å². The number of aromatic nitrogens is 1. The molecule has 3 rings (SSSR count). The van der Waals surface area contributed by atoms with Crippen LogP contribution in [0.3, 0.4) is 0 Å². The average Bonchev–Trinajstić information content (AvgIpc) is 3.10. The van der Waals surface area contributed by atoms with Crippen LogP contribution in [-0.4, -0.2) is 53.4 Å². The van der Waals surface area contributed by atoms with Crippen molar-refractivity contribution in [2.24, 2.45) is 5.92 Å². The monoisotopic (exact) mass is 385 g/mol. The highest BCUT2D eigenvalue weighted by Crippen LogP contribution is 2.22. The predicted molar refractivity (Wildman–Crippen MR) is 106 cm³/mol. The number of rotatable bonds is 6. The molecule has 0 spiro atoms. The van der Waals surface area contributed by atoms with Crippen LogP contribution in [0.2, 0.25) is 0 Å². The van der Waals surface area contributed by atoms with E-state index in [9.17, 15) is 14.4 Å². The van der Waals surface area contributed by atoms with Crippen molar-refractivity contribution in [2.45, 2.75) is 39.2 Å². The minimum absolute atomic E-state index is 0.158. The Labute approximate surface area is 164 Å². The third-order valence-corrected chi connectivity index (χ3v) is 5.13. The van der Waals surface area contributed by atoms with Crippen molar-refractivity contribution in [3.8, 4) is 0 Å². The maximum atomic E-state index is 13.2. The van der Waals surface area contributed by atoms with Crippen LogP contribution < -0.4 is 5.32 Å². The molecule has 2 unspecified atom stereocenters. The zero-order chi connectivity index (χ0) is 20.1. The van der Waals surface area contributed by atoms with E-state index < -0.39 is 6.04 Å². The fourth-order valence-corrected chi connectivity index (χ4v) is 3.82. The first-order valence-electron chi connectivity index (χ1n) is 9.77. The smallest absolute Gasteiger partial charge is 0.310 e. The lowest BCUT2D eigenvalue weighted by Crippen LogP contribution is -2.52. The van der Waals surface area contributed by atoms with Gasteiger partial charge in [0.1, 0.15) is 6.04 Å². The number of hydrogen-bond donors (Lipinski definition) is 2.